The fourth-order valence-electron chi connectivity index (χ4n) is 3.35. The van der Waals surface area contributed by atoms with Gasteiger partial charge in [0, 0.05) is 21.8 Å². The largest absolute Gasteiger partial charge is 0.504 e. The first-order valence-electron chi connectivity index (χ1n) is 11.0. The monoisotopic (exact) mass is 521 g/mol. The number of ether oxygens (including phenoxy) is 1. The lowest BCUT2D eigenvalue weighted by molar-refractivity contribution is -0.118. The van der Waals surface area contributed by atoms with Crippen molar-refractivity contribution < 1.29 is 14.6 Å². The van der Waals surface area contributed by atoms with E-state index in [1.807, 2.05) is 47.9 Å². The molecule has 10 heteroatoms. The first kappa shape index (κ1) is 25.3. The number of hydrogen-bond acceptors (Lipinski definition) is 7. The van der Waals surface area contributed by atoms with E-state index in [9.17, 15) is 9.90 Å². The third kappa shape index (κ3) is 5.87. The Hall–Kier alpha value is -3.82. The molecule has 0 spiro atoms. The lowest BCUT2D eigenvalue weighted by atomic mass is 10.1. The zero-order chi connectivity index (χ0) is 25.7. The van der Waals surface area contributed by atoms with E-state index in [0.717, 1.165) is 16.8 Å². The molecule has 8 nitrogen and oxygen atoms in total. The fourth-order valence-corrected chi connectivity index (χ4v) is 4.22. The van der Waals surface area contributed by atoms with Gasteiger partial charge < -0.3 is 9.84 Å². The molecule has 0 unspecified atom stereocenters. The molecule has 184 valence electrons. The van der Waals surface area contributed by atoms with Gasteiger partial charge in [0.05, 0.1) is 18.6 Å². The Morgan fingerprint density at radius 1 is 1.11 bits per heavy atom. The number of halogens is 1. The second kappa shape index (κ2) is 11.3. The van der Waals surface area contributed by atoms with Crippen LogP contribution < -0.4 is 10.2 Å². The van der Waals surface area contributed by atoms with Crippen molar-refractivity contribution >= 4 is 35.0 Å². The molecular formula is C26H24ClN5O3S. The maximum atomic E-state index is 12.6. The number of nitrogens with zero attached hydrogens (tertiary/aromatic N) is 4. The topological polar surface area (TPSA) is 102 Å². The zero-order valence-electron chi connectivity index (χ0n) is 19.9. The van der Waals surface area contributed by atoms with Crippen LogP contribution in [0.5, 0.6) is 11.5 Å². The number of aromatic nitrogens is 3. The van der Waals surface area contributed by atoms with E-state index >= 15 is 0 Å². The van der Waals surface area contributed by atoms with Gasteiger partial charge in [0.2, 0.25) is 0 Å². The number of methoxy groups -OCH3 is 1. The van der Waals surface area contributed by atoms with Gasteiger partial charge in [0.1, 0.15) is 0 Å². The van der Waals surface area contributed by atoms with Crippen molar-refractivity contribution in [3.05, 3.63) is 82.9 Å². The minimum absolute atomic E-state index is 0.0325. The van der Waals surface area contributed by atoms with Crippen LogP contribution in [0.1, 0.15) is 18.1 Å². The van der Waals surface area contributed by atoms with Crippen molar-refractivity contribution in [3.8, 4) is 28.6 Å². The summed E-state index contributed by atoms with van der Waals surface area (Å²) < 4.78 is 7.04. The molecule has 0 aliphatic heterocycles. The minimum atomic E-state index is -0.295. The molecule has 2 N–H and O–H groups in total. The molecule has 0 saturated heterocycles. The second-order valence-corrected chi connectivity index (χ2v) is 9.27. The summed E-state index contributed by atoms with van der Waals surface area (Å²) in [6, 6.07) is 20.2. The van der Waals surface area contributed by atoms with Crippen LogP contribution in [0.4, 0.5) is 0 Å². The number of thioether (sulfide) groups is 1. The Kier molecular flexibility index (Phi) is 7.92. The van der Waals surface area contributed by atoms with E-state index in [1.165, 1.54) is 24.9 Å². The molecule has 3 aromatic carbocycles. The van der Waals surface area contributed by atoms with Crippen LogP contribution >= 0.6 is 23.4 Å². The summed E-state index contributed by atoms with van der Waals surface area (Å²) in [5.41, 5.74) is 6.72. The normalized spacial score (nSPS) is 11.4. The van der Waals surface area contributed by atoms with Gasteiger partial charge in [-0.1, -0.05) is 41.1 Å². The average molecular weight is 522 g/mol. The van der Waals surface area contributed by atoms with E-state index in [1.54, 1.807) is 31.2 Å². The molecule has 0 aliphatic rings. The van der Waals surface area contributed by atoms with Crippen molar-refractivity contribution in [1.82, 2.24) is 20.2 Å². The third-order valence-corrected chi connectivity index (χ3v) is 6.49. The van der Waals surface area contributed by atoms with E-state index in [-0.39, 0.29) is 17.4 Å². The van der Waals surface area contributed by atoms with E-state index < -0.39 is 0 Å². The van der Waals surface area contributed by atoms with Crippen LogP contribution in [-0.4, -0.2) is 44.4 Å². The standard InChI is InChI=1S/C26H24ClN5O3S/c1-16-4-11-21(12-5-16)32-25(18-6-9-20(27)10-7-18)30-31-26(32)36-15-24(34)29-28-17(2)19-8-13-22(33)23(14-19)35-3/h4-14,33H,15H2,1-3H3,(H,29,34)/b28-17+. The first-order chi connectivity index (χ1) is 17.4. The zero-order valence-corrected chi connectivity index (χ0v) is 21.5. The highest BCUT2D eigenvalue weighted by atomic mass is 35.5. The molecular weight excluding hydrogens is 498 g/mol. The molecule has 4 aromatic rings. The van der Waals surface area contributed by atoms with Crippen molar-refractivity contribution in [1.29, 1.82) is 0 Å². The molecule has 0 atom stereocenters. The van der Waals surface area contributed by atoms with Gasteiger partial charge in [-0.3, -0.25) is 9.36 Å². The molecule has 1 amide bonds. The fraction of sp³-hybridized carbons (Fsp3) is 0.154. The molecule has 0 fully saturated rings. The number of benzene rings is 3. The quantitative estimate of drug-likeness (QED) is 0.187. The number of aromatic hydroxyl groups is 1. The van der Waals surface area contributed by atoms with Gasteiger partial charge in [0.25, 0.3) is 5.91 Å². The second-order valence-electron chi connectivity index (χ2n) is 7.89. The summed E-state index contributed by atoms with van der Waals surface area (Å²) in [6.07, 6.45) is 0. The highest BCUT2D eigenvalue weighted by Gasteiger charge is 2.17. The number of phenolic OH excluding ortho intramolecular Hbond substituents is 1. The Labute approximate surface area is 218 Å². The highest BCUT2D eigenvalue weighted by Crippen LogP contribution is 2.29. The number of phenols is 1. The number of amides is 1. The van der Waals surface area contributed by atoms with Crippen LogP contribution in [0.2, 0.25) is 5.02 Å². The van der Waals surface area contributed by atoms with Crippen molar-refractivity contribution in [2.75, 3.05) is 12.9 Å². The smallest absolute Gasteiger partial charge is 0.250 e. The molecule has 1 aromatic heterocycles. The van der Waals surface area contributed by atoms with Crippen LogP contribution in [0.15, 0.2) is 77.0 Å². The Balaban J connectivity index is 1.51. The van der Waals surface area contributed by atoms with Crippen molar-refractivity contribution in [3.63, 3.8) is 0 Å². The maximum absolute atomic E-state index is 12.6. The van der Waals surface area contributed by atoms with E-state index in [2.05, 4.69) is 20.7 Å². The number of carbonyl (C=O) groups excluding carboxylic acids is 1. The Morgan fingerprint density at radius 3 is 2.53 bits per heavy atom. The van der Waals surface area contributed by atoms with E-state index in [0.29, 0.717) is 33.0 Å². The number of hydrogen-bond donors (Lipinski definition) is 2. The summed E-state index contributed by atoms with van der Waals surface area (Å²) in [6.45, 7) is 3.78. The summed E-state index contributed by atoms with van der Waals surface area (Å²) >= 11 is 7.31. The third-order valence-electron chi connectivity index (χ3n) is 5.31. The van der Waals surface area contributed by atoms with Crippen molar-refractivity contribution in [2.24, 2.45) is 5.10 Å². The molecule has 0 radical (unpaired) electrons. The van der Waals surface area contributed by atoms with Crippen LogP contribution in [-0.2, 0) is 4.79 Å². The average Bonchev–Trinajstić information content (AvgIpc) is 3.31. The number of hydrazone groups is 1. The Bertz CT molecular complexity index is 1400. The molecule has 0 bridgehead atoms. The number of carbonyl (C=O) groups is 1. The maximum Gasteiger partial charge on any atom is 0.250 e. The van der Waals surface area contributed by atoms with Gasteiger partial charge in [-0.05, 0) is 68.4 Å². The Morgan fingerprint density at radius 2 is 1.83 bits per heavy atom. The SMILES string of the molecule is COc1cc(/C(C)=N/NC(=O)CSc2nnc(-c3ccc(Cl)cc3)n2-c2ccc(C)cc2)ccc1O. The van der Waals surface area contributed by atoms with Crippen molar-refractivity contribution in [2.45, 2.75) is 19.0 Å². The molecule has 4 rings (SSSR count). The first-order valence-corrected chi connectivity index (χ1v) is 12.3. The van der Waals surface area contributed by atoms with Gasteiger partial charge >= 0.3 is 0 Å². The lowest BCUT2D eigenvalue weighted by Gasteiger charge is -2.11. The predicted octanol–water partition coefficient (Wildman–Crippen LogP) is 5.24. The van der Waals surface area contributed by atoms with Crippen LogP contribution in [0, 0.1) is 6.92 Å². The van der Waals surface area contributed by atoms with Gasteiger partial charge in [-0.2, -0.15) is 5.10 Å². The minimum Gasteiger partial charge on any atom is -0.504 e. The molecule has 0 aliphatic carbocycles. The van der Waals surface area contributed by atoms with E-state index in [4.69, 9.17) is 16.3 Å². The molecule has 1 heterocycles. The molecule has 36 heavy (non-hydrogen) atoms. The summed E-state index contributed by atoms with van der Waals surface area (Å²) in [4.78, 5) is 12.6. The number of nitrogens with one attached hydrogen (secondary N) is 1. The summed E-state index contributed by atoms with van der Waals surface area (Å²) in [5.74, 6) is 0.798. The van der Waals surface area contributed by atoms with Crippen LogP contribution in [0.3, 0.4) is 0 Å². The van der Waals surface area contributed by atoms with Gasteiger partial charge in [-0.15, -0.1) is 10.2 Å². The summed E-state index contributed by atoms with van der Waals surface area (Å²) in [7, 11) is 1.47. The number of aryl methyl sites for hydroxylation is 1. The van der Waals surface area contributed by atoms with Gasteiger partial charge in [-0.25, -0.2) is 5.43 Å². The van der Waals surface area contributed by atoms with Gasteiger partial charge in [0.15, 0.2) is 22.5 Å². The predicted molar refractivity (Wildman–Crippen MR) is 142 cm³/mol. The highest BCUT2D eigenvalue weighted by molar-refractivity contribution is 7.99. The number of rotatable bonds is 8. The lowest BCUT2D eigenvalue weighted by Crippen LogP contribution is -2.21. The summed E-state index contributed by atoms with van der Waals surface area (Å²) in [5, 5.41) is 23.9. The van der Waals surface area contributed by atoms with Crippen LogP contribution in [0.25, 0.3) is 17.1 Å². The molecule has 0 saturated carbocycles.